The molecule has 0 aromatic rings. The van der Waals surface area contributed by atoms with Gasteiger partial charge in [-0.25, -0.2) is 4.79 Å². The van der Waals surface area contributed by atoms with E-state index in [-0.39, 0.29) is 38.2 Å². The number of carboxylic acids is 1. The molecule has 598 valence electrons. The first-order valence-electron chi connectivity index (χ1n) is 44.4. The molecule has 0 saturated carbocycles. The summed E-state index contributed by atoms with van der Waals surface area (Å²) in [6.07, 6.45) is 115. The number of carboxylic acid groups (broad SMARTS) is 1. The second-order valence-corrected chi connectivity index (χ2v) is 31.1. The molecule has 0 spiro atoms. The van der Waals surface area contributed by atoms with Crippen LogP contribution in [0.15, 0.2) is 97.2 Å². The lowest BCUT2D eigenvalue weighted by molar-refractivity contribution is -0.870. The second-order valence-electron chi connectivity index (χ2n) is 31.1. The molecule has 0 bridgehead atoms. The Morgan fingerprint density at radius 2 is 0.524 bits per heavy atom. The molecule has 103 heavy (non-hydrogen) atoms. The SMILES string of the molecule is CC/C=C\C/C=C\C/C=C\C/C=C\CCCCCCCCCCCCCCCCCCCCCCCCCCCCC(=O)OCC(COC(OCC[N+](C)(C)C)C(=O)O)OC(=O)CCCCCCCCCCCCCCCCCCCCCCCCCCCC/C=C\C/C=C\C/C=C\C/C=C\CC. The molecule has 0 rings (SSSR count). The maximum atomic E-state index is 13.0. The van der Waals surface area contributed by atoms with Crippen LogP contribution in [0, 0.1) is 0 Å². The number of likely N-dealkylation sites (N-methyl/N-ethyl adjacent to an activating group) is 1. The summed E-state index contributed by atoms with van der Waals surface area (Å²) < 4.78 is 23.1. The summed E-state index contributed by atoms with van der Waals surface area (Å²) in [7, 11) is 6.00. The smallest absolute Gasteiger partial charge is 0.361 e. The van der Waals surface area contributed by atoms with Crippen LogP contribution in [0.1, 0.15) is 425 Å². The molecule has 0 aromatic carbocycles. The summed E-state index contributed by atoms with van der Waals surface area (Å²) in [6, 6.07) is 0. The predicted octanol–water partition coefficient (Wildman–Crippen LogP) is 29.0. The quantitative estimate of drug-likeness (QED) is 0.0211. The number of quaternary nitrogens is 1. The topological polar surface area (TPSA) is 108 Å². The number of nitrogens with zero attached hydrogens (tertiary/aromatic N) is 1. The Kier molecular flexibility index (Phi) is 80.8. The fourth-order valence-corrected chi connectivity index (χ4v) is 13.2. The molecule has 2 unspecified atom stereocenters. The Balaban J connectivity index is 3.90. The highest BCUT2D eigenvalue weighted by Gasteiger charge is 2.25. The van der Waals surface area contributed by atoms with Crippen molar-refractivity contribution in [3.8, 4) is 0 Å². The van der Waals surface area contributed by atoms with Crippen LogP contribution < -0.4 is 0 Å². The fourth-order valence-electron chi connectivity index (χ4n) is 13.2. The first kappa shape index (κ1) is 99.2. The van der Waals surface area contributed by atoms with Crippen molar-refractivity contribution in [2.75, 3.05) is 47.5 Å². The minimum Gasteiger partial charge on any atom is -0.477 e. The van der Waals surface area contributed by atoms with E-state index >= 15 is 0 Å². The van der Waals surface area contributed by atoms with E-state index < -0.39 is 18.4 Å². The molecule has 9 nitrogen and oxygen atoms in total. The number of rotatable bonds is 83. The van der Waals surface area contributed by atoms with Crippen LogP contribution in [-0.2, 0) is 33.3 Å². The number of carbonyl (C=O) groups excluding carboxylic acids is 2. The summed E-state index contributed by atoms with van der Waals surface area (Å²) in [5, 5.41) is 9.80. The lowest BCUT2D eigenvalue weighted by atomic mass is 10.0. The van der Waals surface area contributed by atoms with E-state index in [4.69, 9.17) is 18.9 Å². The minimum absolute atomic E-state index is 0.177. The zero-order valence-electron chi connectivity index (χ0n) is 68.7. The Morgan fingerprint density at radius 1 is 0.291 bits per heavy atom. The lowest BCUT2D eigenvalue weighted by Crippen LogP contribution is -2.40. The number of carbonyl (C=O) groups is 3. The van der Waals surface area contributed by atoms with Gasteiger partial charge < -0.3 is 28.5 Å². The number of unbranched alkanes of at least 4 members (excludes halogenated alkanes) is 52. The van der Waals surface area contributed by atoms with Gasteiger partial charge in [0.05, 0.1) is 34.4 Å². The lowest BCUT2D eigenvalue weighted by Gasteiger charge is -2.25. The van der Waals surface area contributed by atoms with Crippen molar-refractivity contribution in [3.63, 3.8) is 0 Å². The van der Waals surface area contributed by atoms with Crippen LogP contribution in [0.2, 0.25) is 0 Å². The van der Waals surface area contributed by atoms with Crippen molar-refractivity contribution in [3.05, 3.63) is 97.2 Å². The minimum atomic E-state index is -1.51. The summed E-state index contributed by atoms with van der Waals surface area (Å²) >= 11 is 0. The molecule has 0 aromatic heterocycles. The number of esters is 2. The number of allylic oxidation sites excluding steroid dienone is 16. The normalized spacial score (nSPS) is 13.1. The molecule has 0 saturated heterocycles. The Morgan fingerprint density at radius 3 is 0.777 bits per heavy atom. The molecule has 0 heterocycles. The largest absolute Gasteiger partial charge is 0.477 e. The number of hydrogen-bond acceptors (Lipinski definition) is 7. The Labute approximate surface area is 639 Å². The monoisotopic (exact) mass is 1440 g/mol. The molecular formula is C94H170NO8+. The van der Waals surface area contributed by atoms with Crippen molar-refractivity contribution in [1.82, 2.24) is 0 Å². The third-order valence-electron chi connectivity index (χ3n) is 19.8. The standard InChI is InChI=1S/C94H169NO8/c1-6-8-10-12-14-16-18-20-22-24-26-28-30-32-34-36-38-40-42-44-46-48-50-52-54-56-58-60-62-64-66-68-70-72-74-76-78-80-82-84-91(96)101-88-90(89-102-94(93(98)99)100-87-86-95(3,4)5)103-92(97)85-83-81-79-77-75-73-71-69-67-65-63-61-59-57-55-53-51-49-47-45-43-41-39-37-35-33-31-29-27-25-23-21-19-17-15-13-11-9-7-2/h8-11,14-17,20-23,26-29,90,94H,6-7,12-13,18-19,24-25,30-89H2,1-5H3/p+1/b10-8-,11-9-,16-14-,17-15-,22-20-,23-21-,28-26-,29-27-. The van der Waals surface area contributed by atoms with E-state index in [1.807, 2.05) is 21.1 Å². The van der Waals surface area contributed by atoms with Crippen molar-refractivity contribution in [2.24, 2.45) is 0 Å². The molecule has 2 atom stereocenters. The van der Waals surface area contributed by atoms with E-state index in [2.05, 4.69) is 111 Å². The average Bonchev–Trinajstić information content (AvgIpc) is 1.06. The number of hydrogen-bond donors (Lipinski definition) is 1. The maximum Gasteiger partial charge on any atom is 0.361 e. The summed E-state index contributed by atoms with van der Waals surface area (Å²) in [6.45, 7) is 4.72. The highest BCUT2D eigenvalue weighted by molar-refractivity contribution is 5.71. The third kappa shape index (κ3) is 85.3. The van der Waals surface area contributed by atoms with Gasteiger partial charge in [-0.2, -0.15) is 0 Å². The average molecular weight is 1440 g/mol. The zero-order chi connectivity index (χ0) is 74.6. The molecule has 9 heteroatoms. The zero-order valence-corrected chi connectivity index (χ0v) is 68.7. The molecular weight excluding hydrogens is 1270 g/mol. The Hall–Kier alpha value is -3.79. The maximum absolute atomic E-state index is 13.0. The summed E-state index contributed by atoms with van der Waals surface area (Å²) in [4.78, 5) is 37.8. The molecule has 0 aliphatic rings. The summed E-state index contributed by atoms with van der Waals surface area (Å²) in [5.74, 6) is -1.97. The van der Waals surface area contributed by atoms with Crippen LogP contribution in [0.4, 0.5) is 0 Å². The van der Waals surface area contributed by atoms with Gasteiger partial charge in [0.25, 0.3) is 6.29 Å². The summed E-state index contributed by atoms with van der Waals surface area (Å²) in [5.41, 5.74) is 0. The highest BCUT2D eigenvalue weighted by atomic mass is 16.7. The van der Waals surface area contributed by atoms with E-state index in [9.17, 15) is 19.5 Å². The van der Waals surface area contributed by atoms with Crippen molar-refractivity contribution in [1.29, 1.82) is 0 Å². The van der Waals surface area contributed by atoms with Crippen LogP contribution in [0.3, 0.4) is 0 Å². The van der Waals surface area contributed by atoms with Crippen LogP contribution in [-0.4, -0.2) is 87.4 Å². The van der Waals surface area contributed by atoms with Gasteiger partial charge in [-0.3, -0.25) is 9.59 Å². The first-order chi connectivity index (χ1) is 50.6. The third-order valence-corrected chi connectivity index (χ3v) is 19.8. The molecule has 0 fully saturated rings. The molecule has 0 aliphatic heterocycles. The van der Waals surface area contributed by atoms with Gasteiger partial charge in [-0.05, 0) is 89.9 Å². The van der Waals surface area contributed by atoms with Gasteiger partial charge in [-0.1, -0.05) is 419 Å². The predicted molar refractivity (Wildman–Crippen MR) is 447 cm³/mol. The van der Waals surface area contributed by atoms with Gasteiger partial charge in [-0.15, -0.1) is 0 Å². The van der Waals surface area contributed by atoms with Crippen molar-refractivity contribution in [2.45, 2.75) is 437 Å². The number of ether oxygens (including phenoxy) is 4. The van der Waals surface area contributed by atoms with Crippen LogP contribution >= 0.6 is 0 Å². The van der Waals surface area contributed by atoms with Crippen molar-refractivity contribution < 1.29 is 42.9 Å². The van der Waals surface area contributed by atoms with E-state index in [0.29, 0.717) is 17.4 Å². The molecule has 1 N–H and O–H groups in total. The van der Waals surface area contributed by atoms with E-state index in [1.165, 1.54) is 308 Å². The van der Waals surface area contributed by atoms with Gasteiger partial charge in [0.1, 0.15) is 13.2 Å². The van der Waals surface area contributed by atoms with E-state index in [0.717, 1.165) is 89.9 Å². The van der Waals surface area contributed by atoms with Gasteiger partial charge in [0.2, 0.25) is 0 Å². The first-order valence-corrected chi connectivity index (χ1v) is 44.4. The second kappa shape index (κ2) is 83.8. The molecule has 0 aliphatic carbocycles. The highest BCUT2D eigenvalue weighted by Crippen LogP contribution is 2.20. The Bertz CT molecular complexity index is 2030. The molecule has 0 amide bonds. The van der Waals surface area contributed by atoms with Gasteiger partial charge >= 0.3 is 17.9 Å². The molecule has 0 radical (unpaired) electrons. The van der Waals surface area contributed by atoms with Gasteiger partial charge in [0.15, 0.2) is 6.10 Å². The van der Waals surface area contributed by atoms with Gasteiger partial charge in [0, 0.05) is 12.8 Å². The van der Waals surface area contributed by atoms with E-state index in [1.54, 1.807) is 0 Å². The van der Waals surface area contributed by atoms with Crippen LogP contribution in [0.25, 0.3) is 0 Å². The van der Waals surface area contributed by atoms with Crippen molar-refractivity contribution >= 4 is 17.9 Å². The fraction of sp³-hybridized carbons (Fsp3) is 0.798. The van der Waals surface area contributed by atoms with Crippen LogP contribution in [0.5, 0.6) is 0 Å². The number of aliphatic carboxylic acids is 1.